The number of ether oxygens (including phenoxy) is 1. The van der Waals surface area contributed by atoms with Crippen molar-refractivity contribution in [3.05, 3.63) is 48.0 Å². The minimum atomic E-state index is -2.75. The van der Waals surface area contributed by atoms with Gasteiger partial charge in [0.05, 0.1) is 6.61 Å². The fourth-order valence-electron chi connectivity index (χ4n) is 4.21. The number of rotatable bonds is 14. The summed E-state index contributed by atoms with van der Waals surface area (Å²) in [6.07, 6.45) is 1.79. The molecule has 0 spiro atoms. The van der Waals surface area contributed by atoms with Crippen LogP contribution in [0, 0.1) is 0 Å². The quantitative estimate of drug-likeness (QED) is 0.146. The summed E-state index contributed by atoms with van der Waals surface area (Å²) in [5, 5.41) is 0. The Kier molecular flexibility index (Phi) is 11.2. The van der Waals surface area contributed by atoms with Crippen molar-refractivity contribution in [3.63, 3.8) is 0 Å². The second-order valence-corrected chi connectivity index (χ2v) is 27.6. The van der Waals surface area contributed by atoms with E-state index in [1.165, 1.54) is 5.56 Å². The fourth-order valence-corrected chi connectivity index (χ4v) is 22.0. The molecular formula is C24H46O5Si4. The van der Waals surface area contributed by atoms with Gasteiger partial charge >= 0.3 is 23.1 Å². The fraction of sp³-hybridized carbons (Fsp3) is 0.625. The first-order valence-corrected chi connectivity index (χ1v) is 24.1. The van der Waals surface area contributed by atoms with E-state index < -0.39 is 33.8 Å². The van der Waals surface area contributed by atoms with Crippen LogP contribution in [0.2, 0.25) is 65.0 Å². The van der Waals surface area contributed by atoms with Crippen molar-refractivity contribution in [1.82, 2.24) is 0 Å². The van der Waals surface area contributed by atoms with Gasteiger partial charge in [0, 0.05) is 11.6 Å². The topological polar surface area (TPSA) is 54.0 Å². The van der Waals surface area contributed by atoms with Gasteiger partial charge in [-0.25, -0.2) is 4.79 Å². The van der Waals surface area contributed by atoms with Crippen molar-refractivity contribution in [2.24, 2.45) is 0 Å². The molecule has 0 saturated heterocycles. The van der Waals surface area contributed by atoms with Crippen LogP contribution >= 0.6 is 0 Å². The number of carbonyl (C=O) groups excluding carboxylic acids is 1. The van der Waals surface area contributed by atoms with Crippen molar-refractivity contribution in [2.45, 2.75) is 90.7 Å². The monoisotopic (exact) mass is 526 g/mol. The predicted octanol–water partition coefficient (Wildman–Crippen LogP) is 7.16. The molecule has 9 heteroatoms. The Morgan fingerprint density at radius 3 is 1.91 bits per heavy atom. The van der Waals surface area contributed by atoms with Crippen LogP contribution in [0.15, 0.2) is 42.5 Å². The first-order valence-electron chi connectivity index (χ1n) is 12.0. The average Bonchev–Trinajstić information content (AvgIpc) is 2.61. The lowest BCUT2D eigenvalue weighted by molar-refractivity contribution is -0.139. The summed E-state index contributed by atoms with van der Waals surface area (Å²) < 4.78 is 25.2. The molecule has 0 amide bonds. The van der Waals surface area contributed by atoms with E-state index in [-0.39, 0.29) is 5.97 Å². The van der Waals surface area contributed by atoms with Crippen molar-refractivity contribution >= 4 is 39.7 Å². The van der Waals surface area contributed by atoms with Gasteiger partial charge in [0.2, 0.25) is 0 Å². The maximum absolute atomic E-state index is 12.8. The van der Waals surface area contributed by atoms with Crippen LogP contribution in [-0.2, 0) is 21.9 Å². The molecule has 2 unspecified atom stereocenters. The third-order valence-corrected chi connectivity index (χ3v) is 18.2. The van der Waals surface area contributed by atoms with Crippen molar-refractivity contribution in [2.75, 3.05) is 6.61 Å². The second kappa shape index (κ2) is 12.2. The number of benzene rings is 1. The molecule has 1 aromatic rings. The minimum Gasteiger partial charge on any atom is -0.462 e. The van der Waals surface area contributed by atoms with Gasteiger partial charge in [-0.15, -0.1) is 0 Å². The number of hydrogen-bond acceptors (Lipinski definition) is 5. The molecule has 0 N–H and O–H groups in total. The van der Waals surface area contributed by atoms with Crippen molar-refractivity contribution in [3.8, 4) is 0 Å². The molecule has 0 aliphatic carbocycles. The Morgan fingerprint density at radius 1 is 0.879 bits per heavy atom. The van der Waals surface area contributed by atoms with E-state index in [4.69, 9.17) is 17.1 Å². The Hall–Kier alpha value is -0.822. The molecule has 33 heavy (non-hydrogen) atoms. The zero-order valence-corrected chi connectivity index (χ0v) is 26.5. The van der Waals surface area contributed by atoms with E-state index in [2.05, 4.69) is 78.0 Å². The van der Waals surface area contributed by atoms with Crippen LogP contribution in [0.25, 0.3) is 0 Å². The van der Waals surface area contributed by atoms with Gasteiger partial charge < -0.3 is 17.1 Å². The number of hydrogen-bond donors (Lipinski definition) is 0. The highest BCUT2D eigenvalue weighted by Gasteiger charge is 2.45. The molecule has 1 rings (SSSR count). The van der Waals surface area contributed by atoms with Crippen molar-refractivity contribution in [1.29, 1.82) is 0 Å². The zero-order chi connectivity index (χ0) is 25.5. The van der Waals surface area contributed by atoms with E-state index in [0.29, 0.717) is 24.1 Å². The highest BCUT2D eigenvalue weighted by molar-refractivity contribution is 6.89. The second-order valence-electron chi connectivity index (χ2n) is 11.3. The van der Waals surface area contributed by atoms with E-state index >= 15 is 0 Å². The summed E-state index contributed by atoms with van der Waals surface area (Å²) >= 11 is 0. The molecule has 0 saturated carbocycles. The Morgan fingerprint density at radius 2 is 1.42 bits per heavy atom. The molecule has 0 aromatic heterocycles. The normalized spacial score (nSPS) is 15.6. The van der Waals surface area contributed by atoms with Gasteiger partial charge in [-0.2, -0.15) is 0 Å². The van der Waals surface area contributed by atoms with Gasteiger partial charge in [0.15, 0.2) is 16.6 Å². The van der Waals surface area contributed by atoms with Gasteiger partial charge in [-0.05, 0) is 83.2 Å². The molecule has 2 atom stereocenters. The first-order chi connectivity index (χ1) is 15.0. The molecule has 1 aromatic carbocycles. The summed E-state index contributed by atoms with van der Waals surface area (Å²) in [6, 6.07) is 10.8. The summed E-state index contributed by atoms with van der Waals surface area (Å²) in [5.74, 6) is 0.0148. The summed E-state index contributed by atoms with van der Waals surface area (Å²) in [4.78, 5) is 12.8. The standard InChI is InChI=1S/C24H46O5Si4/c1-12-22(23-16-14-13-15-17-23)18-19-26-24(25)21(2)20-33(11,28-31(6,7)8)29-32(9,10)27-30(3,4)5/h13-17,22H,2,12,18-20H2,1,3-11H3. The summed E-state index contributed by atoms with van der Waals surface area (Å²) in [6.45, 7) is 25.7. The third kappa shape index (κ3) is 12.4. The van der Waals surface area contributed by atoms with Crippen LogP contribution in [0.3, 0.4) is 0 Å². The molecule has 0 aliphatic heterocycles. The third-order valence-electron chi connectivity index (χ3n) is 4.82. The molecule has 188 valence electrons. The lowest BCUT2D eigenvalue weighted by Crippen LogP contribution is -2.57. The summed E-state index contributed by atoms with van der Waals surface area (Å²) in [7, 11) is -8.86. The van der Waals surface area contributed by atoms with E-state index in [0.717, 1.165) is 12.8 Å². The Labute approximate surface area is 206 Å². The van der Waals surface area contributed by atoms with Crippen LogP contribution in [0.4, 0.5) is 0 Å². The first kappa shape index (κ1) is 30.2. The van der Waals surface area contributed by atoms with Gasteiger partial charge in [0.25, 0.3) is 0 Å². The smallest absolute Gasteiger partial charge is 0.333 e. The molecule has 0 radical (unpaired) electrons. The van der Waals surface area contributed by atoms with Crippen LogP contribution < -0.4 is 0 Å². The average molecular weight is 527 g/mol. The van der Waals surface area contributed by atoms with Gasteiger partial charge in [-0.3, -0.25) is 0 Å². The maximum Gasteiger partial charge on any atom is 0.333 e. The molecular weight excluding hydrogens is 481 g/mol. The van der Waals surface area contributed by atoms with Crippen LogP contribution in [0.1, 0.15) is 31.2 Å². The lowest BCUT2D eigenvalue weighted by Gasteiger charge is -2.41. The maximum atomic E-state index is 12.8. The molecule has 0 bridgehead atoms. The van der Waals surface area contributed by atoms with Crippen molar-refractivity contribution < 1.29 is 21.9 Å². The molecule has 0 fully saturated rings. The van der Waals surface area contributed by atoms with Gasteiger partial charge in [0.1, 0.15) is 0 Å². The van der Waals surface area contributed by atoms with Crippen LogP contribution in [-0.4, -0.2) is 46.3 Å². The van der Waals surface area contributed by atoms with Crippen LogP contribution in [0.5, 0.6) is 0 Å². The molecule has 5 nitrogen and oxygen atoms in total. The highest BCUT2D eigenvalue weighted by Crippen LogP contribution is 2.29. The largest absolute Gasteiger partial charge is 0.462 e. The lowest BCUT2D eigenvalue weighted by atomic mass is 9.94. The predicted molar refractivity (Wildman–Crippen MR) is 148 cm³/mol. The number of esters is 1. The van der Waals surface area contributed by atoms with E-state index in [1.54, 1.807) is 0 Å². The Balaban J connectivity index is 2.80. The Bertz CT molecular complexity index is 771. The molecule has 0 aliphatic rings. The van der Waals surface area contributed by atoms with E-state index in [1.807, 2.05) is 24.7 Å². The zero-order valence-electron chi connectivity index (χ0n) is 22.5. The number of carbonyl (C=O) groups is 1. The van der Waals surface area contributed by atoms with Gasteiger partial charge in [-0.1, -0.05) is 43.8 Å². The summed E-state index contributed by atoms with van der Waals surface area (Å²) in [5.41, 5.74) is 1.70. The minimum absolute atomic E-state index is 0.356. The SMILES string of the molecule is C=C(C[Si](C)(O[Si](C)(C)C)O[Si](C)(C)O[Si](C)(C)C)C(=O)OCCC(CC)c1ccccc1. The molecule has 0 heterocycles. The van der Waals surface area contributed by atoms with E-state index in [9.17, 15) is 4.79 Å². The highest BCUT2D eigenvalue weighted by atomic mass is 28.5.